The van der Waals surface area contributed by atoms with Crippen LogP contribution in [0.5, 0.6) is 0 Å². The summed E-state index contributed by atoms with van der Waals surface area (Å²) >= 11 is 3.45. The Labute approximate surface area is 122 Å². The van der Waals surface area contributed by atoms with Crippen molar-refractivity contribution in [2.24, 2.45) is 0 Å². The molecule has 1 unspecified atom stereocenters. The van der Waals surface area contributed by atoms with Gasteiger partial charge in [0, 0.05) is 23.3 Å². The highest BCUT2D eigenvalue weighted by molar-refractivity contribution is 9.10. The highest BCUT2D eigenvalue weighted by atomic mass is 79.9. The Morgan fingerprint density at radius 3 is 3.05 bits per heavy atom. The topological polar surface area (TPSA) is 50.4 Å². The Balaban J connectivity index is 1.72. The second-order valence-electron chi connectivity index (χ2n) is 4.78. The van der Waals surface area contributed by atoms with Gasteiger partial charge in [-0.3, -0.25) is 4.79 Å². The van der Waals surface area contributed by atoms with E-state index < -0.39 is 0 Å². The number of hydrogen-bond donors (Lipinski definition) is 2. The summed E-state index contributed by atoms with van der Waals surface area (Å²) < 4.78 is 6.48. The van der Waals surface area contributed by atoms with Gasteiger partial charge < -0.3 is 15.4 Å². The summed E-state index contributed by atoms with van der Waals surface area (Å²) in [7, 11) is 0. The van der Waals surface area contributed by atoms with Gasteiger partial charge in [0.05, 0.1) is 12.6 Å². The second-order valence-corrected chi connectivity index (χ2v) is 5.63. The molecule has 19 heavy (non-hydrogen) atoms. The molecule has 0 saturated carbocycles. The minimum atomic E-state index is -0.0336. The average molecular weight is 327 g/mol. The highest BCUT2D eigenvalue weighted by Crippen LogP contribution is 2.20. The van der Waals surface area contributed by atoms with Crippen molar-refractivity contribution in [3.05, 3.63) is 28.2 Å². The van der Waals surface area contributed by atoms with E-state index in [2.05, 4.69) is 26.6 Å². The molecule has 2 rings (SSSR count). The molecule has 1 heterocycles. The van der Waals surface area contributed by atoms with Crippen molar-refractivity contribution >= 4 is 27.5 Å². The van der Waals surface area contributed by atoms with Gasteiger partial charge in [-0.1, -0.05) is 22.0 Å². The van der Waals surface area contributed by atoms with Crippen LogP contribution in [0.2, 0.25) is 0 Å². The molecule has 2 N–H and O–H groups in total. The summed E-state index contributed by atoms with van der Waals surface area (Å²) in [5.74, 6) is -0.0336. The predicted molar refractivity (Wildman–Crippen MR) is 79.4 cm³/mol. The lowest BCUT2D eigenvalue weighted by molar-refractivity contribution is -0.115. The van der Waals surface area contributed by atoms with Gasteiger partial charge in [0.2, 0.25) is 5.91 Å². The van der Waals surface area contributed by atoms with Crippen LogP contribution >= 0.6 is 15.9 Å². The number of hydrogen-bond acceptors (Lipinski definition) is 3. The number of ether oxygens (including phenoxy) is 1. The van der Waals surface area contributed by atoms with Gasteiger partial charge in [-0.25, -0.2) is 0 Å². The van der Waals surface area contributed by atoms with Gasteiger partial charge in [0.25, 0.3) is 0 Å². The average Bonchev–Trinajstić information content (AvgIpc) is 2.87. The molecular weight excluding hydrogens is 308 g/mol. The van der Waals surface area contributed by atoms with Gasteiger partial charge in [0.1, 0.15) is 0 Å². The fourth-order valence-electron chi connectivity index (χ4n) is 2.03. The van der Waals surface area contributed by atoms with E-state index in [1.165, 1.54) is 0 Å². The minimum Gasteiger partial charge on any atom is -0.377 e. The normalized spacial score (nSPS) is 18.5. The van der Waals surface area contributed by atoms with E-state index in [4.69, 9.17) is 4.74 Å². The molecule has 0 aromatic heterocycles. The van der Waals surface area contributed by atoms with Crippen LogP contribution in [0.25, 0.3) is 0 Å². The fraction of sp³-hybridized carbons (Fsp3) is 0.500. The Hall–Kier alpha value is -0.910. The Bertz CT molecular complexity index is 445. The van der Waals surface area contributed by atoms with Crippen LogP contribution in [0.4, 0.5) is 5.69 Å². The van der Waals surface area contributed by atoms with Gasteiger partial charge >= 0.3 is 0 Å². The maximum absolute atomic E-state index is 11.8. The van der Waals surface area contributed by atoms with E-state index in [1.807, 2.05) is 25.1 Å². The molecule has 1 aliphatic rings. The van der Waals surface area contributed by atoms with Gasteiger partial charge in [-0.2, -0.15) is 0 Å². The number of amides is 1. The van der Waals surface area contributed by atoms with Crippen molar-refractivity contribution in [3.8, 4) is 0 Å². The van der Waals surface area contributed by atoms with Crippen LogP contribution in [-0.4, -0.2) is 31.7 Å². The van der Waals surface area contributed by atoms with E-state index in [-0.39, 0.29) is 12.0 Å². The van der Waals surface area contributed by atoms with E-state index in [9.17, 15) is 4.79 Å². The van der Waals surface area contributed by atoms with Crippen LogP contribution in [0.3, 0.4) is 0 Å². The summed E-state index contributed by atoms with van der Waals surface area (Å²) in [6.45, 7) is 3.91. The molecule has 1 amide bonds. The SMILES string of the molecule is Cc1ccc(NC(=O)CNCC2CCCO2)cc1Br. The third-order valence-electron chi connectivity index (χ3n) is 3.14. The molecule has 0 spiro atoms. The quantitative estimate of drug-likeness (QED) is 0.873. The molecule has 4 nitrogen and oxygen atoms in total. The van der Waals surface area contributed by atoms with E-state index in [0.717, 1.165) is 41.7 Å². The summed E-state index contributed by atoms with van der Waals surface area (Å²) in [5.41, 5.74) is 1.95. The first-order valence-corrected chi connectivity index (χ1v) is 7.33. The lowest BCUT2D eigenvalue weighted by Crippen LogP contribution is -2.33. The van der Waals surface area contributed by atoms with Crippen LogP contribution in [0.15, 0.2) is 22.7 Å². The number of aryl methyl sites for hydroxylation is 1. The smallest absolute Gasteiger partial charge is 0.238 e. The van der Waals surface area contributed by atoms with Crippen molar-refractivity contribution in [1.82, 2.24) is 5.32 Å². The number of nitrogens with one attached hydrogen (secondary N) is 2. The molecule has 1 saturated heterocycles. The molecular formula is C14H19BrN2O2. The number of halogens is 1. The first-order chi connectivity index (χ1) is 9.15. The Morgan fingerprint density at radius 1 is 1.53 bits per heavy atom. The molecule has 104 valence electrons. The van der Waals surface area contributed by atoms with Gasteiger partial charge in [0.15, 0.2) is 0 Å². The summed E-state index contributed by atoms with van der Waals surface area (Å²) in [5, 5.41) is 5.99. The molecule has 0 bridgehead atoms. The fourth-order valence-corrected chi connectivity index (χ4v) is 2.41. The molecule has 5 heteroatoms. The van der Waals surface area contributed by atoms with Crippen molar-refractivity contribution in [2.45, 2.75) is 25.9 Å². The zero-order chi connectivity index (χ0) is 13.7. The first kappa shape index (κ1) is 14.5. The van der Waals surface area contributed by atoms with E-state index in [0.29, 0.717) is 6.54 Å². The molecule has 1 aromatic rings. The van der Waals surface area contributed by atoms with Crippen LogP contribution in [0, 0.1) is 6.92 Å². The summed E-state index contributed by atoms with van der Waals surface area (Å²) in [6, 6.07) is 5.78. The Kier molecular flexibility index (Phi) is 5.36. The number of anilines is 1. The molecule has 1 aromatic carbocycles. The standard InChI is InChI=1S/C14H19BrN2O2/c1-10-4-5-11(7-13(10)15)17-14(18)9-16-8-12-3-2-6-19-12/h4-5,7,12,16H,2-3,6,8-9H2,1H3,(H,17,18). The number of carbonyl (C=O) groups excluding carboxylic acids is 1. The van der Waals surface area contributed by atoms with E-state index in [1.54, 1.807) is 0 Å². The van der Waals surface area contributed by atoms with Crippen molar-refractivity contribution in [1.29, 1.82) is 0 Å². The number of benzene rings is 1. The molecule has 0 aliphatic carbocycles. The monoisotopic (exact) mass is 326 g/mol. The Morgan fingerprint density at radius 2 is 2.37 bits per heavy atom. The largest absolute Gasteiger partial charge is 0.377 e. The maximum Gasteiger partial charge on any atom is 0.238 e. The zero-order valence-corrected chi connectivity index (χ0v) is 12.6. The molecule has 0 radical (unpaired) electrons. The molecule has 1 aliphatic heterocycles. The zero-order valence-electron chi connectivity index (χ0n) is 11.0. The highest BCUT2D eigenvalue weighted by Gasteiger charge is 2.15. The van der Waals surface area contributed by atoms with Crippen LogP contribution in [0.1, 0.15) is 18.4 Å². The predicted octanol–water partition coefficient (Wildman–Crippen LogP) is 2.46. The molecule has 1 fully saturated rings. The number of rotatable bonds is 5. The molecule has 1 atom stereocenters. The van der Waals surface area contributed by atoms with Crippen LogP contribution < -0.4 is 10.6 Å². The van der Waals surface area contributed by atoms with Gasteiger partial charge in [-0.05, 0) is 37.5 Å². The lowest BCUT2D eigenvalue weighted by atomic mass is 10.2. The lowest BCUT2D eigenvalue weighted by Gasteiger charge is -2.11. The van der Waals surface area contributed by atoms with Crippen molar-refractivity contribution in [3.63, 3.8) is 0 Å². The minimum absolute atomic E-state index is 0.0336. The summed E-state index contributed by atoms with van der Waals surface area (Å²) in [6.07, 6.45) is 2.47. The second kappa shape index (κ2) is 7.03. The third kappa shape index (κ3) is 4.60. The summed E-state index contributed by atoms with van der Waals surface area (Å²) in [4.78, 5) is 11.8. The third-order valence-corrected chi connectivity index (χ3v) is 3.99. The van der Waals surface area contributed by atoms with Crippen molar-refractivity contribution in [2.75, 3.05) is 25.0 Å². The first-order valence-electron chi connectivity index (χ1n) is 6.53. The van der Waals surface area contributed by atoms with E-state index >= 15 is 0 Å². The van der Waals surface area contributed by atoms with Gasteiger partial charge in [-0.15, -0.1) is 0 Å². The number of carbonyl (C=O) groups is 1. The van der Waals surface area contributed by atoms with Crippen molar-refractivity contribution < 1.29 is 9.53 Å². The van der Waals surface area contributed by atoms with Crippen LogP contribution in [-0.2, 0) is 9.53 Å². The maximum atomic E-state index is 11.8.